The first-order chi connectivity index (χ1) is 15.9. The van der Waals surface area contributed by atoms with Crippen molar-refractivity contribution in [3.8, 4) is 11.3 Å². The molecular formula is C24H19N5O3S. The average molecular weight is 458 g/mol. The van der Waals surface area contributed by atoms with Gasteiger partial charge in [-0.2, -0.15) is 0 Å². The number of nitrogens with two attached hydrogens (primary N) is 1. The molecule has 9 heteroatoms. The third-order valence-electron chi connectivity index (χ3n) is 5.40. The Bertz CT molecular complexity index is 1440. The molecule has 0 fully saturated rings. The number of nitrogens with one attached hydrogen (secondary N) is 1. The molecule has 0 saturated heterocycles. The number of nitrogens with zero attached hydrogens (tertiary/aromatic N) is 3. The quantitative estimate of drug-likeness (QED) is 0.483. The largest absolute Gasteiger partial charge is 0.322 e. The summed E-state index contributed by atoms with van der Waals surface area (Å²) >= 11 is 0. The summed E-state index contributed by atoms with van der Waals surface area (Å²) in [6.07, 6.45) is 1.45. The molecule has 8 nitrogen and oxygen atoms in total. The number of sulfonamides is 1. The minimum Gasteiger partial charge on any atom is -0.322 e. The second-order valence-electron chi connectivity index (χ2n) is 7.52. The molecule has 1 atom stereocenters. The molecule has 0 radical (unpaired) electrons. The zero-order valence-electron chi connectivity index (χ0n) is 17.3. The minimum absolute atomic E-state index is 0.0904. The molecule has 1 aromatic heterocycles. The summed E-state index contributed by atoms with van der Waals surface area (Å²) in [5, 5.41) is 8.12. The van der Waals surface area contributed by atoms with Crippen molar-refractivity contribution in [1.82, 2.24) is 9.97 Å². The van der Waals surface area contributed by atoms with Crippen LogP contribution in [0.3, 0.4) is 0 Å². The number of rotatable bonds is 4. The number of aromatic nitrogens is 2. The summed E-state index contributed by atoms with van der Waals surface area (Å²) in [4.78, 5) is 23.8. The van der Waals surface area contributed by atoms with Crippen molar-refractivity contribution in [1.29, 1.82) is 0 Å². The van der Waals surface area contributed by atoms with Crippen LogP contribution in [0.1, 0.15) is 11.6 Å². The maximum absolute atomic E-state index is 13.3. The average Bonchev–Trinajstić information content (AvgIpc) is 2.83. The number of benzene rings is 3. The monoisotopic (exact) mass is 457 g/mol. The van der Waals surface area contributed by atoms with E-state index in [1.54, 1.807) is 17.0 Å². The SMILES string of the molecule is NS(=O)(=O)c1ccc2c(c1)NC(=O)C(c1ccccc1)N2c1cc(-c2ccccc2)ncn1. The van der Waals surface area contributed by atoms with Gasteiger partial charge in [-0.05, 0) is 23.8 Å². The summed E-state index contributed by atoms with van der Waals surface area (Å²) in [5.74, 6) is 0.178. The van der Waals surface area contributed by atoms with Gasteiger partial charge in [0.2, 0.25) is 10.0 Å². The molecule has 1 aliphatic heterocycles. The van der Waals surface area contributed by atoms with Gasteiger partial charge >= 0.3 is 0 Å². The van der Waals surface area contributed by atoms with Crippen LogP contribution in [0.2, 0.25) is 0 Å². The van der Waals surface area contributed by atoms with Gasteiger partial charge in [0.15, 0.2) is 0 Å². The Morgan fingerprint density at radius 2 is 1.58 bits per heavy atom. The smallest absolute Gasteiger partial charge is 0.252 e. The van der Waals surface area contributed by atoms with Gasteiger partial charge in [0.05, 0.1) is 22.0 Å². The third kappa shape index (κ3) is 3.95. The van der Waals surface area contributed by atoms with E-state index in [9.17, 15) is 13.2 Å². The molecule has 164 valence electrons. The molecule has 4 aromatic rings. The highest BCUT2D eigenvalue weighted by molar-refractivity contribution is 7.89. The van der Waals surface area contributed by atoms with Gasteiger partial charge in [-0.25, -0.2) is 23.5 Å². The number of hydrogen-bond donors (Lipinski definition) is 2. The van der Waals surface area contributed by atoms with Crippen LogP contribution in [0.5, 0.6) is 0 Å². The number of carbonyl (C=O) groups excluding carboxylic acids is 1. The fraction of sp³-hybridized carbons (Fsp3) is 0.0417. The maximum Gasteiger partial charge on any atom is 0.252 e. The third-order valence-corrected chi connectivity index (χ3v) is 6.32. The van der Waals surface area contributed by atoms with Crippen LogP contribution in [0.15, 0.2) is 96.2 Å². The first-order valence-electron chi connectivity index (χ1n) is 10.1. The van der Waals surface area contributed by atoms with E-state index in [-0.39, 0.29) is 10.8 Å². The second kappa shape index (κ2) is 8.12. The van der Waals surface area contributed by atoms with Crippen molar-refractivity contribution in [2.75, 3.05) is 10.2 Å². The predicted octanol–water partition coefficient (Wildman–Crippen LogP) is 3.62. The van der Waals surface area contributed by atoms with Gasteiger partial charge in [-0.1, -0.05) is 60.7 Å². The van der Waals surface area contributed by atoms with E-state index in [1.807, 2.05) is 60.7 Å². The minimum atomic E-state index is -3.94. The van der Waals surface area contributed by atoms with Crippen molar-refractivity contribution in [2.45, 2.75) is 10.9 Å². The van der Waals surface area contributed by atoms with Crippen molar-refractivity contribution < 1.29 is 13.2 Å². The number of fused-ring (bicyclic) bond motifs is 1. The van der Waals surface area contributed by atoms with E-state index < -0.39 is 16.1 Å². The molecule has 0 bridgehead atoms. The van der Waals surface area contributed by atoms with E-state index in [4.69, 9.17) is 5.14 Å². The van der Waals surface area contributed by atoms with Gasteiger partial charge in [-0.3, -0.25) is 4.79 Å². The van der Waals surface area contributed by atoms with E-state index in [1.165, 1.54) is 18.5 Å². The van der Waals surface area contributed by atoms with Crippen LogP contribution in [0.25, 0.3) is 11.3 Å². The molecule has 0 aliphatic carbocycles. The zero-order chi connectivity index (χ0) is 23.0. The highest BCUT2D eigenvalue weighted by Crippen LogP contribution is 2.43. The summed E-state index contributed by atoms with van der Waals surface area (Å²) in [6, 6.07) is 24.4. The number of hydrogen-bond acceptors (Lipinski definition) is 6. The van der Waals surface area contributed by atoms with Crippen LogP contribution in [0.4, 0.5) is 17.2 Å². The van der Waals surface area contributed by atoms with Gasteiger partial charge in [0, 0.05) is 11.6 Å². The van der Waals surface area contributed by atoms with E-state index in [0.717, 1.165) is 11.1 Å². The van der Waals surface area contributed by atoms with Crippen LogP contribution >= 0.6 is 0 Å². The lowest BCUT2D eigenvalue weighted by molar-refractivity contribution is -0.117. The lowest BCUT2D eigenvalue weighted by atomic mass is 10.00. The molecule has 3 N–H and O–H groups in total. The van der Waals surface area contributed by atoms with E-state index in [0.29, 0.717) is 22.9 Å². The van der Waals surface area contributed by atoms with Gasteiger partial charge in [0.25, 0.3) is 5.91 Å². The normalized spacial score (nSPS) is 15.6. The van der Waals surface area contributed by atoms with Crippen LogP contribution < -0.4 is 15.4 Å². The van der Waals surface area contributed by atoms with E-state index >= 15 is 0 Å². The number of carbonyl (C=O) groups is 1. The Balaban J connectivity index is 1.71. The Morgan fingerprint density at radius 1 is 0.879 bits per heavy atom. The zero-order valence-corrected chi connectivity index (χ0v) is 18.1. The Hall–Kier alpha value is -4.08. The van der Waals surface area contributed by atoms with Crippen LogP contribution in [-0.4, -0.2) is 24.3 Å². The summed E-state index contributed by atoms with van der Waals surface area (Å²) in [5.41, 5.74) is 3.29. The van der Waals surface area contributed by atoms with E-state index in [2.05, 4.69) is 15.3 Å². The molecular weight excluding hydrogens is 438 g/mol. The van der Waals surface area contributed by atoms with Crippen molar-refractivity contribution in [2.24, 2.45) is 5.14 Å². The summed E-state index contributed by atoms with van der Waals surface area (Å²) < 4.78 is 23.7. The van der Waals surface area contributed by atoms with Crippen LogP contribution in [0, 0.1) is 0 Å². The molecule has 2 heterocycles. The van der Waals surface area contributed by atoms with Crippen LogP contribution in [-0.2, 0) is 14.8 Å². The highest BCUT2D eigenvalue weighted by Gasteiger charge is 2.36. The summed E-state index contributed by atoms with van der Waals surface area (Å²) in [7, 11) is -3.94. The van der Waals surface area contributed by atoms with Gasteiger partial charge < -0.3 is 10.2 Å². The Labute approximate surface area is 190 Å². The standard InChI is InChI=1S/C24H19N5O3S/c25-33(31,32)18-11-12-21-20(13-18)28-24(30)23(17-9-5-2-6-10-17)29(21)22-14-19(26-15-27-22)16-7-3-1-4-8-16/h1-15,23H,(H,28,30)(H2,25,31,32). The molecule has 1 amide bonds. The second-order valence-corrected chi connectivity index (χ2v) is 9.09. The fourth-order valence-electron chi connectivity index (χ4n) is 3.90. The molecule has 1 aliphatic rings. The van der Waals surface area contributed by atoms with Crippen molar-refractivity contribution in [3.63, 3.8) is 0 Å². The fourth-order valence-corrected chi connectivity index (χ4v) is 4.44. The molecule has 33 heavy (non-hydrogen) atoms. The van der Waals surface area contributed by atoms with Gasteiger partial charge in [-0.15, -0.1) is 0 Å². The van der Waals surface area contributed by atoms with Crippen molar-refractivity contribution in [3.05, 3.63) is 96.8 Å². The Morgan fingerprint density at radius 3 is 2.27 bits per heavy atom. The topological polar surface area (TPSA) is 118 Å². The molecule has 0 saturated carbocycles. The Kier molecular flexibility index (Phi) is 5.12. The molecule has 5 rings (SSSR count). The summed E-state index contributed by atoms with van der Waals surface area (Å²) in [6.45, 7) is 0. The first-order valence-corrected chi connectivity index (χ1v) is 11.7. The van der Waals surface area contributed by atoms with Crippen molar-refractivity contribution >= 4 is 33.1 Å². The molecule has 1 unspecified atom stereocenters. The number of anilines is 3. The number of primary sulfonamides is 1. The number of amides is 1. The maximum atomic E-state index is 13.3. The molecule has 3 aromatic carbocycles. The molecule has 0 spiro atoms. The lowest BCUT2D eigenvalue weighted by Crippen LogP contribution is -2.39. The predicted molar refractivity (Wildman–Crippen MR) is 125 cm³/mol. The first kappa shape index (κ1) is 20.8. The highest BCUT2D eigenvalue weighted by atomic mass is 32.2. The van der Waals surface area contributed by atoms with Gasteiger partial charge in [0.1, 0.15) is 18.2 Å². The lowest BCUT2D eigenvalue weighted by Gasteiger charge is -2.37.